The number of hydrogen-bond acceptors (Lipinski definition) is 4. The fourth-order valence-electron chi connectivity index (χ4n) is 2.23. The van der Waals surface area contributed by atoms with Gasteiger partial charge in [0.05, 0.1) is 21.6 Å². The second kappa shape index (κ2) is 8.00. The molecule has 0 aliphatic heterocycles. The van der Waals surface area contributed by atoms with Gasteiger partial charge in [0, 0.05) is 12.4 Å². The fraction of sp³-hybridized carbons (Fsp3) is 0.692. The Bertz CT molecular complexity index is 427. The van der Waals surface area contributed by atoms with Crippen LogP contribution in [0.4, 0.5) is 0 Å². The van der Waals surface area contributed by atoms with E-state index in [-0.39, 0.29) is 0 Å². The van der Waals surface area contributed by atoms with Crippen molar-refractivity contribution in [3.05, 3.63) is 20.2 Å². The summed E-state index contributed by atoms with van der Waals surface area (Å²) in [4.78, 5) is 8.93. The van der Waals surface area contributed by atoms with Crippen LogP contribution in [0.3, 0.4) is 0 Å². The first-order chi connectivity index (χ1) is 9.20. The van der Waals surface area contributed by atoms with E-state index in [1.54, 1.807) is 7.11 Å². The quantitative estimate of drug-likeness (QED) is 0.529. The van der Waals surface area contributed by atoms with Gasteiger partial charge in [-0.2, -0.15) is 11.8 Å². The zero-order valence-corrected chi connectivity index (χ0v) is 14.7. The van der Waals surface area contributed by atoms with E-state index < -0.39 is 0 Å². The summed E-state index contributed by atoms with van der Waals surface area (Å²) in [6.07, 6.45) is 6.77. The molecule has 1 aromatic rings. The predicted octanol–water partition coefficient (Wildman–Crippen LogP) is 4.45. The lowest BCUT2D eigenvalue weighted by Crippen LogP contribution is -2.10. The van der Waals surface area contributed by atoms with E-state index >= 15 is 0 Å². The van der Waals surface area contributed by atoms with Gasteiger partial charge in [-0.05, 0) is 35.4 Å². The lowest BCUT2D eigenvalue weighted by molar-refractivity contribution is 0.180. The number of halogens is 2. The first-order valence-electron chi connectivity index (χ1n) is 6.52. The standard InChI is InChI=1S/C13H18ClIN2OS/c1-18-7-10-12(15)13(14)17-11(16-10)8-19-9-5-3-2-4-6-9/h9H,2-8H2,1H3. The summed E-state index contributed by atoms with van der Waals surface area (Å²) in [6, 6.07) is 0. The third kappa shape index (κ3) is 4.72. The van der Waals surface area contributed by atoms with E-state index in [0.717, 1.165) is 26.1 Å². The molecule has 0 radical (unpaired) electrons. The topological polar surface area (TPSA) is 35.0 Å². The molecule has 0 spiro atoms. The van der Waals surface area contributed by atoms with Crippen LogP contribution in [0.25, 0.3) is 0 Å². The van der Waals surface area contributed by atoms with Crippen molar-refractivity contribution in [2.24, 2.45) is 0 Å². The van der Waals surface area contributed by atoms with Crippen molar-refractivity contribution in [1.29, 1.82) is 0 Å². The highest BCUT2D eigenvalue weighted by Gasteiger charge is 2.16. The van der Waals surface area contributed by atoms with Crippen LogP contribution >= 0.6 is 46.0 Å². The smallest absolute Gasteiger partial charge is 0.146 e. The van der Waals surface area contributed by atoms with Crippen LogP contribution in [0.5, 0.6) is 0 Å². The summed E-state index contributed by atoms with van der Waals surface area (Å²) in [5.41, 5.74) is 0.891. The molecule has 2 rings (SSSR count). The van der Waals surface area contributed by atoms with Gasteiger partial charge in [0.1, 0.15) is 11.0 Å². The van der Waals surface area contributed by atoms with Crippen molar-refractivity contribution in [2.75, 3.05) is 7.11 Å². The van der Waals surface area contributed by atoms with E-state index in [0.29, 0.717) is 11.8 Å². The van der Waals surface area contributed by atoms with Crippen LogP contribution in [-0.2, 0) is 17.1 Å². The molecule has 0 aromatic carbocycles. The molecule has 0 unspecified atom stereocenters. The van der Waals surface area contributed by atoms with Crippen molar-refractivity contribution < 1.29 is 4.74 Å². The summed E-state index contributed by atoms with van der Waals surface area (Å²) < 4.78 is 6.05. The van der Waals surface area contributed by atoms with Gasteiger partial charge in [0.2, 0.25) is 0 Å². The molecular weight excluding hydrogens is 395 g/mol. The zero-order chi connectivity index (χ0) is 13.7. The van der Waals surface area contributed by atoms with E-state index in [4.69, 9.17) is 16.3 Å². The average Bonchev–Trinajstić information content (AvgIpc) is 2.43. The van der Waals surface area contributed by atoms with Gasteiger partial charge in [-0.3, -0.25) is 0 Å². The molecule has 1 aliphatic rings. The largest absolute Gasteiger partial charge is 0.378 e. The average molecular weight is 413 g/mol. The Kier molecular flexibility index (Phi) is 6.65. The van der Waals surface area contributed by atoms with Crippen LogP contribution in [0.2, 0.25) is 5.15 Å². The summed E-state index contributed by atoms with van der Waals surface area (Å²) in [5, 5.41) is 1.31. The maximum absolute atomic E-state index is 6.15. The molecule has 1 heterocycles. The minimum Gasteiger partial charge on any atom is -0.378 e. The van der Waals surface area contributed by atoms with Crippen LogP contribution in [-0.4, -0.2) is 22.3 Å². The molecular formula is C13H18ClIN2OS. The highest BCUT2D eigenvalue weighted by molar-refractivity contribution is 14.1. The van der Waals surface area contributed by atoms with Crippen molar-refractivity contribution in [2.45, 2.75) is 49.7 Å². The summed E-state index contributed by atoms with van der Waals surface area (Å²) in [7, 11) is 1.67. The lowest BCUT2D eigenvalue weighted by Gasteiger charge is -2.20. The maximum Gasteiger partial charge on any atom is 0.146 e. The van der Waals surface area contributed by atoms with Crippen LogP contribution in [0, 0.1) is 3.57 Å². The number of methoxy groups -OCH3 is 1. The Morgan fingerprint density at radius 3 is 2.74 bits per heavy atom. The van der Waals surface area contributed by atoms with Gasteiger partial charge in [0.15, 0.2) is 0 Å². The predicted molar refractivity (Wildman–Crippen MR) is 88.6 cm³/mol. The third-order valence-electron chi connectivity index (χ3n) is 3.21. The molecule has 0 saturated heterocycles. The number of rotatable bonds is 5. The second-order valence-electron chi connectivity index (χ2n) is 4.70. The minimum atomic E-state index is 0.488. The van der Waals surface area contributed by atoms with Crippen molar-refractivity contribution >= 4 is 46.0 Å². The fourth-order valence-corrected chi connectivity index (χ4v) is 4.02. The highest BCUT2D eigenvalue weighted by Crippen LogP contribution is 2.30. The molecule has 1 aromatic heterocycles. The minimum absolute atomic E-state index is 0.488. The Morgan fingerprint density at radius 1 is 1.32 bits per heavy atom. The summed E-state index contributed by atoms with van der Waals surface area (Å²) >= 11 is 10.3. The van der Waals surface area contributed by atoms with Crippen molar-refractivity contribution in [3.63, 3.8) is 0 Å². The Labute approximate surface area is 137 Å². The van der Waals surface area contributed by atoms with Gasteiger partial charge < -0.3 is 4.74 Å². The number of hydrogen-bond donors (Lipinski definition) is 0. The maximum atomic E-state index is 6.15. The van der Waals surface area contributed by atoms with Gasteiger partial charge >= 0.3 is 0 Å². The normalized spacial score (nSPS) is 16.8. The molecule has 0 atom stereocenters. The Hall–Kier alpha value is 0.410. The van der Waals surface area contributed by atoms with Gasteiger partial charge in [-0.25, -0.2) is 9.97 Å². The van der Waals surface area contributed by atoms with Crippen LogP contribution in [0.1, 0.15) is 43.6 Å². The second-order valence-corrected chi connectivity index (χ2v) is 7.42. The first kappa shape index (κ1) is 15.8. The molecule has 0 bridgehead atoms. The van der Waals surface area contributed by atoms with E-state index in [1.165, 1.54) is 32.1 Å². The molecule has 6 heteroatoms. The van der Waals surface area contributed by atoms with Crippen LogP contribution < -0.4 is 0 Å². The van der Waals surface area contributed by atoms with E-state index in [1.807, 2.05) is 11.8 Å². The van der Waals surface area contributed by atoms with E-state index in [2.05, 4.69) is 32.6 Å². The third-order valence-corrected chi connectivity index (χ3v) is 6.30. The number of thioether (sulfide) groups is 1. The number of aromatic nitrogens is 2. The van der Waals surface area contributed by atoms with Gasteiger partial charge in [0.25, 0.3) is 0 Å². The molecule has 0 amide bonds. The number of ether oxygens (including phenoxy) is 1. The van der Waals surface area contributed by atoms with Crippen molar-refractivity contribution in [3.8, 4) is 0 Å². The summed E-state index contributed by atoms with van der Waals surface area (Å²) in [6.45, 7) is 0.488. The highest BCUT2D eigenvalue weighted by atomic mass is 127. The van der Waals surface area contributed by atoms with Gasteiger partial charge in [-0.1, -0.05) is 30.9 Å². The molecule has 1 aliphatic carbocycles. The Morgan fingerprint density at radius 2 is 2.05 bits per heavy atom. The van der Waals surface area contributed by atoms with E-state index in [9.17, 15) is 0 Å². The lowest BCUT2D eigenvalue weighted by atomic mass is 10.0. The number of nitrogens with zero attached hydrogens (tertiary/aromatic N) is 2. The molecule has 106 valence electrons. The van der Waals surface area contributed by atoms with Gasteiger partial charge in [-0.15, -0.1) is 0 Å². The van der Waals surface area contributed by atoms with Crippen molar-refractivity contribution in [1.82, 2.24) is 9.97 Å². The molecule has 1 fully saturated rings. The molecule has 3 nitrogen and oxygen atoms in total. The molecule has 0 N–H and O–H groups in total. The monoisotopic (exact) mass is 412 g/mol. The SMILES string of the molecule is COCc1nc(CSC2CCCCC2)nc(Cl)c1I. The zero-order valence-electron chi connectivity index (χ0n) is 11.0. The first-order valence-corrected chi connectivity index (χ1v) is 9.02. The Balaban J connectivity index is 1.99. The summed E-state index contributed by atoms with van der Waals surface area (Å²) in [5.74, 6) is 1.67. The molecule has 19 heavy (non-hydrogen) atoms. The molecule has 1 saturated carbocycles. The van der Waals surface area contributed by atoms with Crippen LogP contribution in [0.15, 0.2) is 0 Å².